The quantitative estimate of drug-likeness (QED) is 0.580. The minimum atomic E-state index is -4.61. The van der Waals surface area contributed by atoms with Gasteiger partial charge in [0, 0.05) is 19.3 Å². The molecule has 1 heterocycles. The van der Waals surface area contributed by atoms with E-state index >= 15 is 0 Å². The minimum Gasteiger partial charge on any atom is -0.387 e. The molecule has 0 aliphatic rings. The molecule has 2 amide bonds. The lowest BCUT2D eigenvalue weighted by Crippen LogP contribution is -2.37. The highest BCUT2D eigenvalue weighted by Crippen LogP contribution is 2.31. The van der Waals surface area contributed by atoms with E-state index in [1.807, 2.05) is 0 Å². The lowest BCUT2D eigenvalue weighted by molar-refractivity contribution is -0.146. The standard InChI is InChI=1S/C19H17F3N4O3/c1-26-14-8-7-12(9-13(14)25-18(26)19(20,21)22)24-17(29)16(28)23-10-15(27)11-5-3-2-4-6-11/h2-9,15,27H,10H2,1H3,(H,23,28)(H,24,29)/t15-/m1/s1. The van der Waals surface area contributed by atoms with Gasteiger partial charge in [-0.3, -0.25) is 9.59 Å². The van der Waals surface area contributed by atoms with Crippen molar-refractivity contribution in [3.63, 3.8) is 0 Å². The monoisotopic (exact) mass is 406 g/mol. The van der Waals surface area contributed by atoms with Crippen LogP contribution in [-0.2, 0) is 22.8 Å². The second kappa shape index (κ2) is 7.92. The fourth-order valence-corrected chi connectivity index (χ4v) is 2.78. The number of aliphatic hydroxyl groups is 1. The molecule has 10 heteroatoms. The molecule has 29 heavy (non-hydrogen) atoms. The maximum absolute atomic E-state index is 12.9. The van der Waals surface area contributed by atoms with Crippen molar-refractivity contribution in [2.24, 2.45) is 7.05 Å². The van der Waals surface area contributed by atoms with Crippen LogP contribution >= 0.6 is 0 Å². The molecule has 0 bridgehead atoms. The molecule has 0 aliphatic carbocycles. The number of fused-ring (bicyclic) bond motifs is 1. The number of amides is 2. The van der Waals surface area contributed by atoms with Crippen molar-refractivity contribution in [3.8, 4) is 0 Å². The summed E-state index contributed by atoms with van der Waals surface area (Å²) < 4.78 is 39.8. The molecular formula is C19H17F3N4O3. The van der Waals surface area contributed by atoms with E-state index in [1.165, 1.54) is 25.2 Å². The second-order valence-electron chi connectivity index (χ2n) is 6.29. The maximum atomic E-state index is 12.9. The molecule has 152 valence electrons. The van der Waals surface area contributed by atoms with E-state index in [-0.39, 0.29) is 23.3 Å². The van der Waals surface area contributed by atoms with Gasteiger partial charge in [0.25, 0.3) is 0 Å². The fraction of sp³-hybridized carbons (Fsp3) is 0.211. The van der Waals surface area contributed by atoms with E-state index in [0.29, 0.717) is 5.56 Å². The summed E-state index contributed by atoms with van der Waals surface area (Å²) in [7, 11) is 1.24. The Morgan fingerprint density at radius 3 is 2.48 bits per heavy atom. The third-order valence-electron chi connectivity index (χ3n) is 4.24. The summed E-state index contributed by atoms with van der Waals surface area (Å²) in [5, 5.41) is 14.6. The molecule has 0 unspecified atom stereocenters. The Balaban J connectivity index is 1.65. The van der Waals surface area contributed by atoms with Crippen LogP contribution < -0.4 is 10.6 Å². The van der Waals surface area contributed by atoms with Crippen LogP contribution in [0.4, 0.5) is 18.9 Å². The van der Waals surface area contributed by atoms with Gasteiger partial charge in [-0.1, -0.05) is 30.3 Å². The lowest BCUT2D eigenvalue weighted by Gasteiger charge is -2.12. The third kappa shape index (κ3) is 4.54. The zero-order chi connectivity index (χ0) is 21.2. The molecule has 0 fully saturated rings. The van der Waals surface area contributed by atoms with Crippen molar-refractivity contribution in [1.82, 2.24) is 14.9 Å². The van der Waals surface area contributed by atoms with Gasteiger partial charge in [0.05, 0.1) is 17.1 Å². The number of hydrogen-bond acceptors (Lipinski definition) is 4. The van der Waals surface area contributed by atoms with Crippen molar-refractivity contribution in [1.29, 1.82) is 0 Å². The zero-order valence-electron chi connectivity index (χ0n) is 15.2. The first-order chi connectivity index (χ1) is 13.7. The van der Waals surface area contributed by atoms with Crippen LogP contribution in [0.3, 0.4) is 0 Å². The molecule has 3 rings (SSSR count). The summed E-state index contributed by atoms with van der Waals surface area (Å²) in [6, 6.07) is 12.6. The topological polar surface area (TPSA) is 96.2 Å². The number of benzene rings is 2. The van der Waals surface area contributed by atoms with E-state index < -0.39 is 29.9 Å². The van der Waals surface area contributed by atoms with Gasteiger partial charge in [-0.25, -0.2) is 4.98 Å². The van der Waals surface area contributed by atoms with Gasteiger partial charge in [0.15, 0.2) is 0 Å². The van der Waals surface area contributed by atoms with Crippen LogP contribution in [-0.4, -0.2) is 33.0 Å². The highest BCUT2D eigenvalue weighted by Gasteiger charge is 2.36. The molecule has 0 saturated carbocycles. The molecule has 0 aliphatic heterocycles. The lowest BCUT2D eigenvalue weighted by atomic mass is 10.1. The first kappa shape index (κ1) is 20.3. The van der Waals surface area contributed by atoms with E-state index in [2.05, 4.69) is 15.6 Å². The number of nitrogens with one attached hydrogen (secondary N) is 2. The highest BCUT2D eigenvalue weighted by atomic mass is 19.4. The number of carbonyl (C=O) groups is 2. The number of aryl methyl sites for hydroxylation is 1. The number of halogens is 3. The van der Waals surface area contributed by atoms with Gasteiger partial charge in [0.1, 0.15) is 0 Å². The number of aromatic nitrogens is 2. The Hall–Kier alpha value is -3.40. The number of hydrogen-bond donors (Lipinski definition) is 3. The van der Waals surface area contributed by atoms with Gasteiger partial charge in [0.2, 0.25) is 5.82 Å². The van der Waals surface area contributed by atoms with E-state index in [9.17, 15) is 27.9 Å². The summed E-state index contributed by atoms with van der Waals surface area (Å²) in [5.41, 5.74) is 0.950. The van der Waals surface area contributed by atoms with E-state index in [1.54, 1.807) is 30.3 Å². The van der Waals surface area contributed by atoms with Gasteiger partial charge in [-0.05, 0) is 23.8 Å². The molecule has 0 spiro atoms. The number of alkyl halides is 3. The van der Waals surface area contributed by atoms with E-state index in [0.717, 1.165) is 4.57 Å². The van der Waals surface area contributed by atoms with Gasteiger partial charge < -0.3 is 20.3 Å². The third-order valence-corrected chi connectivity index (χ3v) is 4.24. The van der Waals surface area contributed by atoms with Crippen LogP contribution in [0.25, 0.3) is 11.0 Å². The largest absolute Gasteiger partial charge is 0.449 e. The van der Waals surface area contributed by atoms with Crippen LogP contribution in [0.15, 0.2) is 48.5 Å². The molecule has 0 saturated heterocycles. The molecule has 3 aromatic rings. The predicted molar refractivity (Wildman–Crippen MR) is 98.8 cm³/mol. The van der Waals surface area contributed by atoms with Gasteiger partial charge in [-0.15, -0.1) is 0 Å². The summed E-state index contributed by atoms with van der Waals surface area (Å²) in [4.78, 5) is 27.5. The Morgan fingerprint density at radius 1 is 1.14 bits per heavy atom. The predicted octanol–water partition coefficient (Wildman–Crippen LogP) is 2.38. The Kier molecular flexibility index (Phi) is 5.55. The highest BCUT2D eigenvalue weighted by molar-refractivity contribution is 6.39. The minimum absolute atomic E-state index is 0.0255. The first-order valence-corrected chi connectivity index (χ1v) is 8.52. The maximum Gasteiger partial charge on any atom is 0.449 e. The van der Waals surface area contributed by atoms with Crippen molar-refractivity contribution < 1.29 is 27.9 Å². The van der Waals surface area contributed by atoms with E-state index in [4.69, 9.17) is 0 Å². The smallest absolute Gasteiger partial charge is 0.387 e. The molecular weight excluding hydrogens is 389 g/mol. The molecule has 3 N–H and O–H groups in total. The number of imidazole rings is 1. The summed E-state index contributed by atoms with van der Waals surface area (Å²) in [6.07, 6.45) is -5.60. The number of aliphatic hydroxyl groups excluding tert-OH is 1. The Bertz CT molecular complexity index is 1050. The van der Waals surface area contributed by atoms with Crippen LogP contribution in [0.5, 0.6) is 0 Å². The second-order valence-corrected chi connectivity index (χ2v) is 6.29. The summed E-state index contributed by atoms with van der Waals surface area (Å²) in [5.74, 6) is -3.07. The number of nitrogens with zero attached hydrogens (tertiary/aromatic N) is 2. The molecule has 1 atom stereocenters. The van der Waals surface area contributed by atoms with Gasteiger partial charge >= 0.3 is 18.0 Å². The van der Waals surface area contributed by atoms with Crippen LogP contribution in [0.1, 0.15) is 17.5 Å². The molecule has 2 aromatic carbocycles. The first-order valence-electron chi connectivity index (χ1n) is 8.52. The van der Waals surface area contributed by atoms with Crippen molar-refractivity contribution in [2.45, 2.75) is 12.3 Å². The van der Waals surface area contributed by atoms with Crippen molar-refractivity contribution >= 4 is 28.5 Å². The van der Waals surface area contributed by atoms with Gasteiger partial charge in [-0.2, -0.15) is 13.2 Å². The number of anilines is 1. The van der Waals surface area contributed by atoms with Crippen LogP contribution in [0, 0.1) is 0 Å². The Morgan fingerprint density at radius 2 is 1.83 bits per heavy atom. The zero-order valence-corrected chi connectivity index (χ0v) is 15.2. The molecule has 0 radical (unpaired) electrons. The summed E-state index contributed by atoms with van der Waals surface area (Å²) in [6.45, 7) is -0.176. The normalized spacial score (nSPS) is 12.6. The molecule has 1 aromatic heterocycles. The Labute approximate surface area is 163 Å². The number of rotatable bonds is 4. The van der Waals surface area contributed by atoms with Crippen molar-refractivity contribution in [2.75, 3.05) is 11.9 Å². The number of carbonyl (C=O) groups excluding carboxylic acids is 2. The molecule has 7 nitrogen and oxygen atoms in total. The average Bonchev–Trinajstić information content (AvgIpc) is 3.02. The van der Waals surface area contributed by atoms with Crippen molar-refractivity contribution in [3.05, 3.63) is 59.9 Å². The SMILES string of the molecule is Cn1c(C(F)(F)F)nc2cc(NC(=O)C(=O)NC[C@@H](O)c3ccccc3)ccc21. The fourth-order valence-electron chi connectivity index (χ4n) is 2.78. The summed E-state index contributed by atoms with van der Waals surface area (Å²) >= 11 is 0. The van der Waals surface area contributed by atoms with Crippen LogP contribution in [0.2, 0.25) is 0 Å². The average molecular weight is 406 g/mol.